The molecule has 1 aliphatic carbocycles. The van der Waals surface area contributed by atoms with E-state index in [4.69, 9.17) is 4.74 Å². The summed E-state index contributed by atoms with van der Waals surface area (Å²) in [5.41, 5.74) is 1.29. The minimum absolute atomic E-state index is 0.390. The molecule has 0 aliphatic heterocycles. The van der Waals surface area contributed by atoms with Crippen LogP contribution in [0.2, 0.25) is 0 Å². The zero-order chi connectivity index (χ0) is 11.7. The lowest BCUT2D eigenvalue weighted by atomic mass is 10.1. The van der Waals surface area contributed by atoms with E-state index in [2.05, 4.69) is 15.4 Å². The highest BCUT2D eigenvalue weighted by Gasteiger charge is 2.23. The zero-order valence-corrected chi connectivity index (χ0v) is 9.21. The summed E-state index contributed by atoms with van der Waals surface area (Å²) in [6.45, 7) is 0. The SMILES string of the molecule is OC(c1ccc(OC2CC2)cc1)c1cn[nH]n1. The quantitative estimate of drug-likeness (QED) is 0.835. The van der Waals surface area contributed by atoms with Crippen LogP contribution >= 0.6 is 0 Å². The van der Waals surface area contributed by atoms with E-state index in [-0.39, 0.29) is 0 Å². The summed E-state index contributed by atoms with van der Waals surface area (Å²) in [4.78, 5) is 0. The fraction of sp³-hybridized carbons (Fsp3) is 0.333. The normalized spacial score (nSPS) is 16.8. The molecule has 1 saturated carbocycles. The molecule has 1 heterocycles. The van der Waals surface area contributed by atoms with Gasteiger partial charge in [0.05, 0.1) is 12.3 Å². The van der Waals surface area contributed by atoms with Gasteiger partial charge >= 0.3 is 0 Å². The van der Waals surface area contributed by atoms with Gasteiger partial charge in [0.1, 0.15) is 17.5 Å². The van der Waals surface area contributed by atoms with E-state index in [1.165, 1.54) is 6.20 Å². The van der Waals surface area contributed by atoms with Crippen LogP contribution in [0.5, 0.6) is 5.75 Å². The molecule has 2 aromatic rings. The number of aromatic nitrogens is 3. The van der Waals surface area contributed by atoms with Crippen molar-refractivity contribution in [3.8, 4) is 5.75 Å². The summed E-state index contributed by atoms with van der Waals surface area (Å²) in [6, 6.07) is 7.43. The van der Waals surface area contributed by atoms with Gasteiger partial charge in [-0.1, -0.05) is 12.1 Å². The van der Waals surface area contributed by atoms with E-state index < -0.39 is 6.10 Å². The molecule has 1 unspecified atom stereocenters. The molecule has 3 rings (SSSR count). The number of aliphatic hydroxyl groups is 1. The lowest BCUT2D eigenvalue weighted by Crippen LogP contribution is -2.01. The second-order valence-corrected chi connectivity index (χ2v) is 4.18. The number of nitrogens with one attached hydrogen (secondary N) is 1. The maximum atomic E-state index is 10.0. The summed E-state index contributed by atoms with van der Waals surface area (Å²) in [5, 5.41) is 20.0. The molecule has 0 radical (unpaired) electrons. The molecule has 1 aromatic heterocycles. The number of hydrogen-bond acceptors (Lipinski definition) is 4. The summed E-state index contributed by atoms with van der Waals surface area (Å²) in [5.74, 6) is 0.851. The van der Waals surface area contributed by atoms with E-state index in [9.17, 15) is 5.11 Å². The predicted molar refractivity (Wildman–Crippen MR) is 60.5 cm³/mol. The number of ether oxygens (including phenoxy) is 1. The van der Waals surface area contributed by atoms with Gasteiger partial charge < -0.3 is 9.84 Å². The minimum atomic E-state index is -0.747. The highest BCUT2D eigenvalue weighted by molar-refractivity contribution is 5.31. The van der Waals surface area contributed by atoms with E-state index in [1.807, 2.05) is 24.3 Å². The number of nitrogens with zero attached hydrogens (tertiary/aromatic N) is 2. The first-order chi connectivity index (χ1) is 8.33. The lowest BCUT2D eigenvalue weighted by Gasteiger charge is -2.09. The fourth-order valence-corrected chi connectivity index (χ4v) is 1.62. The van der Waals surface area contributed by atoms with Crippen LogP contribution in [0.4, 0.5) is 0 Å². The molecule has 0 amide bonds. The van der Waals surface area contributed by atoms with Crippen LogP contribution in [0, 0.1) is 0 Å². The summed E-state index contributed by atoms with van der Waals surface area (Å²) < 4.78 is 5.63. The standard InChI is InChI=1S/C12H13N3O2/c16-12(11-7-13-15-14-11)8-1-3-9(4-2-8)17-10-5-6-10/h1-4,7,10,12,16H,5-6H2,(H,13,14,15). The van der Waals surface area contributed by atoms with Crippen molar-refractivity contribution in [3.05, 3.63) is 41.7 Å². The number of aromatic amines is 1. The van der Waals surface area contributed by atoms with Gasteiger partial charge in [0.25, 0.3) is 0 Å². The first kappa shape index (κ1) is 10.3. The van der Waals surface area contributed by atoms with Gasteiger partial charge in [-0.3, -0.25) is 0 Å². The maximum absolute atomic E-state index is 10.0. The Morgan fingerprint density at radius 2 is 2.06 bits per heavy atom. The van der Waals surface area contributed by atoms with Gasteiger partial charge in [0.2, 0.25) is 0 Å². The molecule has 0 saturated heterocycles. The van der Waals surface area contributed by atoms with E-state index >= 15 is 0 Å². The molecule has 1 aromatic carbocycles. The Kier molecular flexibility index (Phi) is 2.53. The zero-order valence-electron chi connectivity index (χ0n) is 9.21. The van der Waals surface area contributed by atoms with Crippen molar-refractivity contribution in [3.63, 3.8) is 0 Å². The smallest absolute Gasteiger partial charge is 0.124 e. The highest BCUT2D eigenvalue weighted by atomic mass is 16.5. The first-order valence-electron chi connectivity index (χ1n) is 5.63. The first-order valence-corrected chi connectivity index (χ1v) is 5.63. The summed E-state index contributed by atoms with van der Waals surface area (Å²) >= 11 is 0. The monoisotopic (exact) mass is 231 g/mol. The molecule has 1 aliphatic rings. The molecule has 88 valence electrons. The third-order valence-corrected chi connectivity index (χ3v) is 2.74. The Labute approximate surface area is 98.4 Å². The van der Waals surface area contributed by atoms with Gasteiger partial charge in [-0.05, 0) is 30.5 Å². The van der Waals surface area contributed by atoms with Crippen LogP contribution < -0.4 is 4.74 Å². The van der Waals surface area contributed by atoms with Crippen LogP contribution in [0.15, 0.2) is 30.5 Å². The lowest BCUT2D eigenvalue weighted by molar-refractivity contribution is 0.215. The Morgan fingerprint density at radius 3 is 2.65 bits per heavy atom. The molecule has 5 heteroatoms. The van der Waals surface area contributed by atoms with Gasteiger partial charge in [0, 0.05) is 0 Å². The van der Waals surface area contributed by atoms with E-state index in [0.717, 1.165) is 24.2 Å². The molecule has 1 fully saturated rings. The number of rotatable bonds is 4. The van der Waals surface area contributed by atoms with Crippen LogP contribution in [-0.2, 0) is 0 Å². The van der Waals surface area contributed by atoms with Crippen LogP contribution in [0.3, 0.4) is 0 Å². The average molecular weight is 231 g/mol. The van der Waals surface area contributed by atoms with Crippen molar-refractivity contribution in [2.75, 3.05) is 0 Å². The Bertz CT molecular complexity index is 477. The molecule has 17 heavy (non-hydrogen) atoms. The largest absolute Gasteiger partial charge is 0.490 e. The van der Waals surface area contributed by atoms with Crippen LogP contribution in [-0.4, -0.2) is 26.6 Å². The summed E-state index contributed by atoms with van der Waals surface area (Å²) in [7, 11) is 0. The third-order valence-electron chi connectivity index (χ3n) is 2.74. The van der Waals surface area contributed by atoms with E-state index in [0.29, 0.717) is 11.8 Å². The molecule has 1 atom stereocenters. The highest BCUT2D eigenvalue weighted by Crippen LogP contribution is 2.28. The number of H-pyrrole nitrogens is 1. The van der Waals surface area contributed by atoms with Crippen molar-refractivity contribution in [2.45, 2.75) is 25.0 Å². The second kappa shape index (κ2) is 4.18. The maximum Gasteiger partial charge on any atom is 0.124 e. The van der Waals surface area contributed by atoms with Crippen molar-refractivity contribution < 1.29 is 9.84 Å². The van der Waals surface area contributed by atoms with E-state index in [1.54, 1.807) is 0 Å². The molecular formula is C12H13N3O2. The van der Waals surface area contributed by atoms with Crippen molar-refractivity contribution >= 4 is 0 Å². The molecule has 2 N–H and O–H groups in total. The van der Waals surface area contributed by atoms with Gasteiger partial charge in [-0.25, -0.2) is 0 Å². The Hall–Kier alpha value is -1.88. The average Bonchev–Trinajstić information content (AvgIpc) is 3.00. The second-order valence-electron chi connectivity index (χ2n) is 4.18. The van der Waals surface area contributed by atoms with Crippen molar-refractivity contribution in [2.24, 2.45) is 0 Å². The number of hydrogen-bond donors (Lipinski definition) is 2. The molecular weight excluding hydrogens is 218 g/mol. The third kappa shape index (κ3) is 2.29. The number of aliphatic hydroxyl groups excluding tert-OH is 1. The Balaban J connectivity index is 1.74. The molecule has 0 spiro atoms. The minimum Gasteiger partial charge on any atom is -0.490 e. The fourth-order valence-electron chi connectivity index (χ4n) is 1.62. The molecule has 5 nitrogen and oxygen atoms in total. The van der Waals surface area contributed by atoms with Crippen molar-refractivity contribution in [1.29, 1.82) is 0 Å². The van der Waals surface area contributed by atoms with Gasteiger partial charge in [-0.15, -0.1) is 0 Å². The van der Waals surface area contributed by atoms with Crippen LogP contribution in [0.1, 0.15) is 30.2 Å². The van der Waals surface area contributed by atoms with Gasteiger partial charge in [-0.2, -0.15) is 15.4 Å². The predicted octanol–water partition coefficient (Wildman–Crippen LogP) is 1.43. The topological polar surface area (TPSA) is 71.0 Å². The molecule has 0 bridgehead atoms. The van der Waals surface area contributed by atoms with Crippen LogP contribution in [0.25, 0.3) is 0 Å². The number of benzene rings is 1. The van der Waals surface area contributed by atoms with Gasteiger partial charge in [0.15, 0.2) is 0 Å². The van der Waals surface area contributed by atoms with Crippen molar-refractivity contribution in [1.82, 2.24) is 15.4 Å². The Morgan fingerprint density at radius 1 is 1.29 bits per heavy atom. The summed E-state index contributed by atoms with van der Waals surface area (Å²) in [6.07, 6.45) is 3.44.